The first kappa shape index (κ1) is 16.4. The Morgan fingerprint density at radius 3 is 2.10 bits per heavy atom. The molecule has 112 valence electrons. The summed E-state index contributed by atoms with van der Waals surface area (Å²) in [5, 5.41) is 20.8. The van der Waals surface area contributed by atoms with E-state index in [2.05, 4.69) is 5.32 Å². The van der Waals surface area contributed by atoms with Crippen LogP contribution in [0.25, 0.3) is 0 Å². The Balaban J connectivity index is 3.29. The zero-order valence-electron chi connectivity index (χ0n) is 11.7. The normalized spacial score (nSPS) is 14.7. The first-order chi connectivity index (χ1) is 9.13. The van der Waals surface area contributed by atoms with Gasteiger partial charge in [0.2, 0.25) is 0 Å². The predicted molar refractivity (Wildman–Crippen MR) is 70.5 cm³/mol. The fraction of sp³-hybridized carbons (Fsp3) is 0.500. The standard InChI is InChI=1S/C14H19F2NO3/c1-13(2,3)14(8-18,17-12(19)20)7-9-10(15)5-4-6-11(9)16/h4-6,17-18H,7-8H2,1-3H3,(H,19,20)/t14-/m1/s1. The van der Waals surface area contributed by atoms with Crippen LogP contribution in [-0.2, 0) is 6.42 Å². The van der Waals surface area contributed by atoms with Crippen molar-refractivity contribution in [3.05, 3.63) is 35.4 Å². The van der Waals surface area contributed by atoms with Gasteiger partial charge >= 0.3 is 6.09 Å². The molecule has 0 saturated heterocycles. The van der Waals surface area contributed by atoms with Crippen LogP contribution in [-0.4, -0.2) is 28.5 Å². The van der Waals surface area contributed by atoms with Gasteiger partial charge in [-0.2, -0.15) is 0 Å². The highest BCUT2D eigenvalue weighted by Crippen LogP contribution is 2.34. The Morgan fingerprint density at radius 1 is 1.25 bits per heavy atom. The van der Waals surface area contributed by atoms with Crippen molar-refractivity contribution in [2.24, 2.45) is 5.41 Å². The monoisotopic (exact) mass is 287 g/mol. The Labute approximate surface area is 116 Å². The van der Waals surface area contributed by atoms with E-state index in [0.717, 1.165) is 12.1 Å². The van der Waals surface area contributed by atoms with E-state index in [1.165, 1.54) is 6.07 Å². The maximum Gasteiger partial charge on any atom is 0.405 e. The molecule has 0 heterocycles. The average molecular weight is 287 g/mol. The summed E-state index contributed by atoms with van der Waals surface area (Å²) in [6.07, 6.45) is -1.64. The highest BCUT2D eigenvalue weighted by Gasteiger charge is 2.44. The largest absolute Gasteiger partial charge is 0.465 e. The number of benzene rings is 1. The summed E-state index contributed by atoms with van der Waals surface area (Å²) in [7, 11) is 0. The molecule has 1 aromatic carbocycles. The zero-order chi connectivity index (χ0) is 15.6. The van der Waals surface area contributed by atoms with Gasteiger partial charge in [-0.25, -0.2) is 13.6 Å². The van der Waals surface area contributed by atoms with Crippen molar-refractivity contribution < 1.29 is 23.8 Å². The number of amides is 1. The van der Waals surface area contributed by atoms with Crippen LogP contribution in [0.5, 0.6) is 0 Å². The maximum atomic E-state index is 13.7. The highest BCUT2D eigenvalue weighted by molar-refractivity contribution is 5.66. The van der Waals surface area contributed by atoms with Gasteiger partial charge in [-0.15, -0.1) is 0 Å². The molecular weight excluding hydrogens is 268 g/mol. The summed E-state index contributed by atoms with van der Waals surface area (Å²) in [4.78, 5) is 11.0. The molecule has 0 fully saturated rings. The van der Waals surface area contributed by atoms with E-state index in [-0.39, 0.29) is 12.0 Å². The molecule has 0 aliphatic heterocycles. The minimum absolute atomic E-state index is 0.245. The molecule has 0 saturated carbocycles. The summed E-state index contributed by atoms with van der Waals surface area (Å²) >= 11 is 0. The molecule has 1 atom stereocenters. The van der Waals surface area contributed by atoms with E-state index in [1.54, 1.807) is 20.8 Å². The first-order valence-electron chi connectivity index (χ1n) is 6.18. The Kier molecular flexibility index (Phi) is 4.70. The van der Waals surface area contributed by atoms with Crippen LogP contribution in [0.15, 0.2) is 18.2 Å². The van der Waals surface area contributed by atoms with Crippen molar-refractivity contribution >= 4 is 6.09 Å². The van der Waals surface area contributed by atoms with Crippen molar-refractivity contribution in [1.29, 1.82) is 0 Å². The average Bonchev–Trinajstić information content (AvgIpc) is 2.30. The van der Waals surface area contributed by atoms with Crippen molar-refractivity contribution in [2.45, 2.75) is 32.7 Å². The molecule has 0 aliphatic carbocycles. The number of hydrogen-bond donors (Lipinski definition) is 3. The second-order valence-electron chi connectivity index (χ2n) is 5.80. The zero-order valence-corrected chi connectivity index (χ0v) is 11.7. The summed E-state index contributed by atoms with van der Waals surface area (Å²) in [5.74, 6) is -1.53. The van der Waals surface area contributed by atoms with E-state index >= 15 is 0 Å². The number of aliphatic hydroxyl groups excluding tert-OH is 1. The van der Waals surface area contributed by atoms with Crippen LogP contribution in [0.4, 0.5) is 13.6 Å². The third kappa shape index (κ3) is 3.25. The third-order valence-electron chi connectivity index (χ3n) is 3.59. The molecule has 4 nitrogen and oxygen atoms in total. The van der Waals surface area contributed by atoms with Crippen molar-refractivity contribution in [2.75, 3.05) is 6.61 Å². The first-order valence-corrected chi connectivity index (χ1v) is 6.18. The number of rotatable bonds is 4. The second kappa shape index (κ2) is 5.75. The van der Waals surface area contributed by atoms with Gasteiger partial charge < -0.3 is 15.5 Å². The Hall–Kier alpha value is -1.69. The lowest BCUT2D eigenvalue weighted by Gasteiger charge is -2.43. The van der Waals surface area contributed by atoms with Gasteiger partial charge in [0, 0.05) is 12.0 Å². The van der Waals surface area contributed by atoms with Gasteiger partial charge in [0.05, 0.1) is 12.1 Å². The summed E-state index contributed by atoms with van der Waals surface area (Å²) in [6.45, 7) is 4.50. The quantitative estimate of drug-likeness (QED) is 0.797. The number of nitrogens with one attached hydrogen (secondary N) is 1. The van der Waals surface area contributed by atoms with E-state index in [0.29, 0.717) is 0 Å². The van der Waals surface area contributed by atoms with Crippen LogP contribution < -0.4 is 5.32 Å². The van der Waals surface area contributed by atoms with Crippen molar-refractivity contribution in [3.63, 3.8) is 0 Å². The van der Waals surface area contributed by atoms with Crippen LogP contribution >= 0.6 is 0 Å². The van der Waals surface area contributed by atoms with Gasteiger partial charge in [0.25, 0.3) is 0 Å². The van der Waals surface area contributed by atoms with Gasteiger partial charge in [0.15, 0.2) is 0 Å². The topological polar surface area (TPSA) is 69.6 Å². The summed E-state index contributed by atoms with van der Waals surface area (Å²) in [5.41, 5.74) is -2.37. The van der Waals surface area contributed by atoms with Crippen LogP contribution in [0, 0.1) is 17.0 Å². The van der Waals surface area contributed by atoms with E-state index in [9.17, 15) is 18.7 Å². The maximum absolute atomic E-state index is 13.7. The lowest BCUT2D eigenvalue weighted by Crippen LogP contribution is -2.61. The molecule has 0 unspecified atom stereocenters. The molecule has 1 amide bonds. The molecule has 0 spiro atoms. The number of carboxylic acid groups (broad SMARTS) is 1. The number of hydrogen-bond acceptors (Lipinski definition) is 2. The van der Waals surface area contributed by atoms with Crippen LogP contribution in [0.3, 0.4) is 0 Å². The molecule has 1 rings (SSSR count). The number of halogens is 2. The van der Waals surface area contributed by atoms with E-state index in [4.69, 9.17) is 5.11 Å². The van der Waals surface area contributed by atoms with Crippen molar-refractivity contribution in [3.8, 4) is 0 Å². The molecular formula is C14H19F2NO3. The number of carbonyl (C=O) groups is 1. The predicted octanol–water partition coefficient (Wildman–Crippen LogP) is 2.55. The Bertz CT molecular complexity index is 479. The SMILES string of the molecule is CC(C)(C)[C@](CO)(Cc1c(F)cccc1F)NC(=O)O. The fourth-order valence-corrected chi connectivity index (χ4v) is 2.04. The van der Waals surface area contributed by atoms with Crippen molar-refractivity contribution in [1.82, 2.24) is 5.32 Å². The lowest BCUT2D eigenvalue weighted by molar-refractivity contribution is 0.0573. The number of aliphatic hydroxyl groups is 1. The lowest BCUT2D eigenvalue weighted by atomic mass is 9.70. The van der Waals surface area contributed by atoms with Gasteiger partial charge in [-0.05, 0) is 17.5 Å². The molecule has 3 N–H and O–H groups in total. The molecule has 6 heteroatoms. The van der Waals surface area contributed by atoms with Gasteiger partial charge in [-0.1, -0.05) is 26.8 Å². The van der Waals surface area contributed by atoms with E-state index in [1.807, 2.05) is 0 Å². The highest BCUT2D eigenvalue weighted by atomic mass is 19.1. The third-order valence-corrected chi connectivity index (χ3v) is 3.59. The van der Waals surface area contributed by atoms with Gasteiger partial charge in [-0.3, -0.25) is 0 Å². The summed E-state index contributed by atoms with van der Waals surface area (Å²) < 4.78 is 27.5. The Morgan fingerprint density at radius 2 is 1.75 bits per heavy atom. The fourth-order valence-electron chi connectivity index (χ4n) is 2.04. The molecule has 1 aromatic rings. The summed E-state index contributed by atoms with van der Waals surface area (Å²) in [6, 6.07) is 3.43. The van der Waals surface area contributed by atoms with Crippen LogP contribution in [0.1, 0.15) is 26.3 Å². The van der Waals surface area contributed by atoms with E-state index < -0.39 is 35.3 Å². The minimum Gasteiger partial charge on any atom is -0.465 e. The molecule has 0 radical (unpaired) electrons. The molecule has 0 aliphatic rings. The molecule has 0 aromatic heterocycles. The van der Waals surface area contributed by atoms with Gasteiger partial charge in [0.1, 0.15) is 11.6 Å². The molecule has 0 bridgehead atoms. The minimum atomic E-state index is -1.39. The van der Waals surface area contributed by atoms with Crippen LogP contribution in [0.2, 0.25) is 0 Å². The second-order valence-corrected chi connectivity index (χ2v) is 5.80. The molecule has 20 heavy (non-hydrogen) atoms. The smallest absolute Gasteiger partial charge is 0.405 e.